The summed E-state index contributed by atoms with van der Waals surface area (Å²) in [5.74, 6) is 0.519. The van der Waals surface area contributed by atoms with Crippen molar-refractivity contribution in [3.05, 3.63) is 59.4 Å². The van der Waals surface area contributed by atoms with Crippen molar-refractivity contribution in [1.29, 1.82) is 0 Å². The number of halogens is 1. The van der Waals surface area contributed by atoms with Crippen LogP contribution in [0.2, 0.25) is 0 Å². The van der Waals surface area contributed by atoms with Gasteiger partial charge in [0.2, 0.25) is 5.91 Å². The fourth-order valence-electron chi connectivity index (χ4n) is 3.21. The summed E-state index contributed by atoms with van der Waals surface area (Å²) >= 11 is 0. The van der Waals surface area contributed by atoms with Gasteiger partial charge in [-0.25, -0.2) is 4.39 Å². The van der Waals surface area contributed by atoms with Crippen molar-refractivity contribution >= 4 is 11.6 Å². The highest BCUT2D eigenvalue weighted by Gasteiger charge is 2.16. The molecule has 2 aromatic rings. The summed E-state index contributed by atoms with van der Waals surface area (Å²) in [6, 6.07) is 12.3. The first-order valence-electron chi connectivity index (χ1n) is 8.92. The van der Waals surface area contributed by atoms with Crippen LogP contribution in [0.5, 0.6) is 5.75 Å². The number of nitrogens with one attached hydrogen (secondary N) is 1. The number of carbonyl (C=O) groups is 1. The second-order valence-corrected chi connectivity index (χ2v) is 6.68. The molecule has 2 aromatic carbocycles. The number of aryl methyl sites for hydroxylation is 2. The van der Waals surface area contributed by atoms with Crippen molar-refractivity contribution in [2.24, 2.45) is 0 Å². The van der Waals surface area contributed by atoms with Crippen molar-refractivity contribution < 1.29 is 13.9 Å². The Balaban J connectivity index is 1.53. The third kappa shape index (κ3) is 5.05. The largest absolute Gasteiger partial charge is 0.490 e. The van der Waals surface area contributed by atoms with Gasteiger partial charge in [0.1, 0.15) is 11.6 Å². The molecule has 0 aliphatic heterocycles. The molecule has 0 aromatic heterocycles. The first-order valence-corrected chi connectivity index (χ1v) is 8.92. The smallest absolute Gasteiger partial charge is 0.224 e. The fourth-order valence-corrected chi connectivity index (χ4v) is 3.21. The van der Waals surface area contributed by atoms with E-state index in [9.17, 15) is 9.18 Å². The molecule has 132 valence electrons. The SMILES string of the molecule is Cc1cc(F)ccc1NC(=O)CCc1cccc(OC2CCCC2)c1. The molecule has 0 radical (unpaired) electrons. The molecular formula is C21H24FNO2. The molecule has 1 aliphatic rings. The minimum atomic E-state index is -0.297. The Morgan fingerprint density at radius 2 is 2.00 bits per heavy atom. The number of anilines is 1. The van der Waals surface area contributed by atoms with Crippen LogP contribution < -0.4 is 10.1 Å². The standard InChI is InChI=1S/C21H24FNO2/c1-15-13-17(22)10-11-20(15)23-21(24)12-9-16-5-4-8-19(14-16)25-18-6-2-3-7-18/h4-5,8,10-11,13-14,18H,2-3,6-7,9,12H2,1H3,(H,23,24). The lowest BCUT2D eigenvalue weighted by Crippen LogP contribution is -2.13. The van der Waals surface area contributed by atoms with Gasteiger partial charge < -0.3 is 10.1 Å². The van der Waals surface area contributed by atoms with Gasteiger partial charge in [0.05, 0.1) is 6.10 Å². The summed E-state index contributed by atoms with van der Waals surface area (Å²) in [6.45, 7) is 1.78. The van der Waals surface area contributed by atoms with Gasteiger partial charge in [0.15, 0.2) is 0 Å². The molecule has 25 heavy (non-hydrogen) atoms. The molecule has 4 heteroatoms. The second-order valence-electron chi connectivity index (χ2n) is 6.68. The fraction of sp³-hybridized carbons (Fsp3) is 0.381. The molecule has 0 spiro atoms. The zero-order valence-corrected chi connectivity index (χ0v) is 14.6. The number of hydrogen-bond donors (Lipinski definition) is 1. The molecule has 0 atom stereocenters. The minimum absolute atomic E-state index is 0.0724. The molecule has 0 heterocycles. The van der Waals surface area contributed by atoms with E-state index in [0.717, 1.165) is 29.7 Å². The van der Waals surface area contributed by atoms with Crippen LogP contribution in [0.4, 0.5) is 10.1 Å². The van der Waals surface area contributed by atoms with Crippen LogP contribution in [0.3, 0.4) is 0 Å². The normalized spacial score (nSPS) is 14.5. The van der Waals surface area contributed by atoms with Crippen LogP contribution >= 0.6 is 0 Å². The van der Waals surface area contributed by atoms with Crippen molar-refractivity contribution in [3.8, 4) is 5.75 Å². The van der Waals surface area contributed by atoms with Gasteiger partial charge in [-0.1, -0.05) is 12.1 Å². The highest BCUT2D eigenvalue weighted by molar-refractivity contribution is 5.91. The number of benzene rings is 2. The van der Waals surface area contributed by atoms with Crippen molar-refractivity contribution in [1.82, 2.24) is 0 Å². The van der Waals surface area contributed by atoms with Crippen molar-refractivity contribution in [2.45, 2.75) is 51.6 Å². The maximum Gasteiger partial charge on any atom is 0.224 e. The van der Waals surface area contributed by atoms with E-state index >= 15 is 0 Å². The molecule has 0 bridgehead atoms. The van der Waals surface area contributed by atoms with Crippen LogP contribution in [0, 0.1) is 12.7 Å². The number of hydrogen-bond acceptors (Lipinski definition) is 2. The van der Waals surface area contributed by atoms with Gasteiger partial charge in [-0.3, -0.25) is 4.79 Å². The zero-order chi connectivity index (χ0) is 17.6. The number of carbonyl (C=O) groups excluding carboxylic acids is 1. The summed E-state index contributed by atoms with van der Waals surface area (Å²) < 4.78 is 19.1. The Bertz CT molecular complexity index is 738. The van der Waals surface area contributed by atoms with E-state index in [4.69, 9.17) is 4.74 Å². The molecule has 3 rings (SSSR count). The quantitative estimate of drug-likeness (QED) is 0.800. The molecule has 3 nitrogen and oxygen atoms in total. The van der Waals surface area contributed by atoms with E-state index in [2.05, 4.69) is 5.32 Å². The third-order valence-electron chi connectivity index (χ3n) is 4.61. The van der Waals surface area contributed by atoms with Gasteiger partial charge >= 0.3 is 0 Å². The second kappa shape index (κ2) is 8.15. The number of amides is 1. The Labute approximate surface area is 148 Å². The first kappa shape index (κ1) is 17.5. The Kier molecular flexibility index (Phi) is 5.69. The third-order valence-corrected chi connectivity index (χ3v) is 4.61. The molecule has 1 amide bonds. The Morgan fingerprint density at radius 1 is 1.20 bits per heavy atom. The summed E-state index contributed by atoms with van der Waals surface area (Å²) in [6.07, 6.45) is 6.10. The predicted molar refractivity (Wildman–Crippen MR) is 97.4 cm³/mol. The van der Waals surface area contributed by atoms with E-state index in [1.54, 1.807) is 13.0 Å². The molecule has 1 saturated carbocycles. The monoisotopic (exact) mass is 341 g/mol. The molecule has 0 unspecified atom stereocenters. The van der Waals surface area contributed by atoms with Crippen molar-refractivity contribution in [3.63, 3.8) is 0 Å². The Morgan fingerprint density at radius 3 is 2.76 bits per heavy atom. The predicted octanol–water partition coefficient (Wildman–Crippen LogP) is 5.03. The van der Waals surface area contributed by atoms with Crippen LogP contribution in [0.1, 0.15) is 43.2 Å². The van der Waals surface area contributed by atoms with Gasteiger partial charge in [-0.2, -0.15) is 0 Å². The van der Waals surface area contributed by atoms with Gasteiger partial charge in [-0.05, 0) is 80.5 Å². The highest BCUT2D eigenvalue weighted by atomic mass is 19.1. The molecule has 1 fully saturated rings. The maximum atomic E-state index is 13.1. The van der Waals surface area contributed by atoms with E-state index in [1.807, 2.05) is 24.3 Å². The zero-order valence-electron chi connectivity index (χ0n) is 14.6. The summed E-state index contributed by atoms with van der Waals surface area (Å²) in [5, 5.41) is 2.84. The first-order chi connectivity index (χ1) is 12.1. The topological polar surface area (TPSA) is 38.3 Å². The molecule has 1 aliphatic carbocycles. The molecule has 1 N–H and O–H groups in total. The Hall–Kier alpha value is -2.36. The van der Waals surface area contributed by atoms with Crippen molar-refractivity contribution in [2.75, 3.05) is 5.32 Å². The lowest BCUT2D eigenvalue weighted by atomic mass is 10.1. The maximum absolute atomic E-state index is 13.1. The van der Waals surface area contributed by atoms with E-state index < -0.39 is 0 Å². The number of rotatable bonds is 6. The average molecular weight is 341 g/mol. The molecular weight excluding hydrogens is 317 g/mol. The highest BCUT2D eigenvalue weighted by Crippen LogP contribution is 2.25. The molecule has 0 saturated heterocycles. The van der Waals surface area contributed by atoms with E-state index in [1.165, 1.54) is 25.0 Å². The van der Waals surface area contributed by atoms with Gasteiger partial charge in [0.25, 0.3) is 0 Å². The lowest BCUT2D eigenvalue weighted by molar-refractivity contribution is -0.116. The minimum Gasteiger partial charge on any atom is -0.490 e. The van der Waals surface area contributed by atoms with Gasteiger partial charge in [-0.15, -0.1) is 0 Å². The summed E-state index contributed by atoms with van der Waals surface area (Å²) in [5.41, 5.74) is 2.46. The van der Waals surface area contributed by atoms with Gasteiger partial charge in [0, 0.05) is 12.1 Å². The summed E-state index contributed by atoms with van der Waals surface area (Å²) in [4.78, 5) is 12.2. The van der Waals surface area contributed by atoms with E-state index in [-0.39, 0.29) is 11.7 Å². The average Bonchev–Trinajstić information content (AvgIpc) is 3.09. The summed E-state index contributed by atoms with van der Waals surface area (Å²) in [7, 11) is 0. The van der Waals surface area contributed by atoms with Crippen LogP contribution in [0.25, 0.3) is 0 Å². The van der Waals surface area contributed by atoms with E-state index in [0.29, 0.717) is 24.6 Å². The lowest BCUT2D eigenvalue weighted by Gasteiger charge is -2.14. The van der Waals surface area contributed by atoms with Crippen LogP contribution in [-0.2, 0) is 11.2 Å². The van der Waals surface area contributed by atoms with Crippen LogP contribution in [0.15, 0.2) is 42.5 Å². The van der Waals surface area contributed by atoms with Crippen LogP contribution in [-0.4, -0.2) is 12.0 Å². The number of ether oxygens (including phenoxy) is 1.